The van der Waals surface area contributed by atoms with Gasteiger partial charge in [-0.25, -0.2) is 9.59 Å². The summed E-state index contributed by atoms with van der Waals surface area (Å²) in [6.45, 7) is 3.89. The van der Waals surface area contributed by atoms with Crippen molar-refractivity contribution in [2.45, 2.75) is 19.5 Å². The second-order valence-electron chi connectivity index (χ2n) is 6.76. The number of nitrogens with one attached hydrogen (secondary N) is 2. The monoisotopic (exact) mass is 413 g/mol. The van der Waals surface area contributed by atoms with Crippen molar-refractivity contribution in [2.75, 3.05) is 20.2 Å². The highest BCUT2D eigenvalue weighted by Gasteiger charge is 2.34. The predicted octanol–water partition coefficient (Wildman–Crippen LogP) is 3.64. The van der Waals surface area contributed by atoms with Crippen molar-refractivity contribution >= 4 is 23.6 Å². The van der Waals surface area contributed by atoms with Gasteiger partial charge in [-0.1, -0.05) is 61.0 Å². The predicted molar refractivity (Wildman–Crippen MR) is 112 cm³/mol. The Kier molecular flexibility index (Phi) is 6.90. The fourth-order valence-corrected chi connectivity index (χ4v) is 3.57. The minimum absolute atomic E-state index is 0.367. The van der Waals surface area contributed by atoms with Crippen LogP contribution in [-0.2, 0) is 16.1 Å². The number of benzene rings is 2. The average molecular weight is 414 g/mol. The summed E-state index contributed by atoms with van der Waals surface area (Å²) >= 11 is 6.13. The van der Waals surface area contributed by atoms with Gasteiger partial charge in [-0.2, -0.15) is 0 Å². The first-order valence-electron chi connectivity index (χ1n) is 9.42. The third-order valence-corrected chi connectivity index (χ3v) is 5.05. The molecular formula is C22H24ClN3O3. The maximum atomic E-state index is 12.7. The van der Waals surface area contributed by atoms with E-state index in [0.29, 0.717) is 29.4 Å². The largest absolute Gasteiger partial charge is 0.466 e. The summed E-state index contributed by atoms with van der Waals surface area (Å²) in [5.74, 6) is -0.492. The lowest BCUT2D eigenvalue weighted by atomic mass is 9.95. The summed E-state index contributed by atoms with van der Waals surface area (Å²) in [6, 6.07) is 16.1. The highest BCUT2D eigenvalue weighted by molar-refractivity contribution is 6.30. The molecule has 0 aliphatic carbocycles. The van der Waals surface area contributed by atoms with Crippen LogP contribution in [0.2, 0.25) is 5.02 Å². The van der Waals surface area contributed by atoms with Crippen LogP contribution in [-0.4, -0.2) is 37.1 Å². The Labute approximate surface area is 175 Å². The third-order valence-electron chi connectivity index (χ3n) is 4.82. The number of rotatable bonds is 7. The smallest absolute Gasteiger partial charge is 0.338 e. The molecule has 1 heterocycles. The lowest BCUT2D eigenvalue weighted by Gasteiger charge is -2.31. The van der Waals surface area contributed by atoms with Crippen LogP contribution in [0.4, 0.5) is 4.79 Å². The number of hydrogen-bond donors (Lipinski definition) is 2. The number of hydrogen-bond acceptors (Lipinski definition) is 4. The van der Waals surface area contributed by atoms with Gasteiger partial charge >= 0.3 is 12.0 Å². The second-order valence-corrected chi connectivity index (χ2v) is 7.20. The number of urea groups is 1. The Morgan fingerprint density at radius 3 is 2.55 bits per heavy atom. The van der Waals surface area contributed by atoms with Gasteiger partial charge in [-0.3, -0.25) is 4.90 Å². The van der Waals surface area contributed by atoms with Crippen molar-refractivity contribution < 1.29 is 14.3 Å². The van der Waals surface area contributed by atoms with Gasteiger partial charge in [0.1, 0.15) is 0 Å². The molecule has 6 nitrogen and oxygen atoms in total. The van der Waals surface area contributed by atoms with E-state index in [1.807, 2.05) is 43.3 Å². The average Bonchev–Trinajstić information content (AvgIpc) is 2.73. The first-order chi connectivity index (χ1) is 14.0. The van der Waals surface area contributed by atoms with E-state index in [1.165, 1.54) is 7.11 Å². The molecule has 1 atom stereocenters. The van der Waals surface area contributed by atoms with Gasteiger partial charge in [-0.15, -0.1) is 0 Å². The minimum Gasteiger partial charge on any atom is -0.466 e. The van der Waals surface area contributed by atoms with Gasteiger partial charge in [0, 0.05) is 23.8 Å². The molecular weight excluding hydrogens is 390 g/mol. The molecule has 2 amide bonds. The van der Waals surface area contributed by atoms with Gasteiger partial charge in [0.15, 0.2) is 0 Å². The molecule has 1 aliphatic rings. The molecule has 0 fully saturated rings. The molecule has 2 aromatic rings. The summed E-state index contributed by atoms with van der Waals surface area (Å²) in [5, 5.41) is 6.14. The van der Waals surface area contributed by atoms with Crippen LogP contribution >= 0.6 is 11.6 Å². The molecule has 0 aromatic heterocycles. The molecule has 7 heteroatoms. The van der Waals surface area contributed by atoms with E-state index in [9.17, 15) is 9.59 Å². The number of carbonyl (C=O) groups is 2. The molecule has 0 saturated heterocycles. The number of halogens is 1. The van der Waals surface area contributed by atoms with Crippen LogP contribution < -0.4 is 10.6 Å². The molecule has 1 aliphatic heterocycles. The Morgan fingerprint density at radius 2 is 1.90 bits per heavy atom. The van der Waals surface area contributed by atoms with Crippen LogP contribution in [0.5, 0.6) is 0 Å². The van der Waals surface area contributed by atoms with E-state index in [2.05, 4.69) is 15.5 Å². The third kappa shape index (κ3) is 5.16. The van der Waals surface area contributed by atoms with Crippen molar-refractivity contribution in [1.82, 2.24) is 15.5 Å². The van der Waals surface area contributed by atoms with E-state index < -0.39 is 12.0 Å². The van der Waals surface area contributed by atoms with Gasteiger partial charge < -0.3 is 15.4 Å². The summed E-state index contributed by atoms with van der Waals surface area (Å²) in [7, 11) is 1.33. The summed E-state index contributed by atoms with van der Waals surface area (Å²) in [5.41, 5.74) is 2.78. The normalized spacial score (nSPS) is 16.4. The molecule has 2 N–H and O–H groups in total. The number of esters is 1. The van der Waals surface area contributed by atoms with Crippen molar-refractivity contribution in [2.24, 2.45) is 0 Å². The number of nitrogens with zero attached hydrogens (tertiary/aromatic N) is 1. The number of carbonyl (C=O) groups excluding carboxylic acids is 2. The lowest BCUT2D eigenvalue weighted by Crippen LogP contribution is -2.48. The minimum atomic E-state index is -0.639. The molecule has 0 saturated carbocycles. The molecule has 0 radical (unpaired) electrons. The second kappa shape index (κ2) is 9.58. The molecule has 3 rings (SSSR count). The zero-order valence-electron chi connectivity index (χ0n) is 16.4. The van der Waals surface area contributed by atoms with Crippen LogP contribution in [0.25, 0.3) is 0 Å². The standard InChI is InChI=1S/C22H24ClN3O3/c1-3-26(13-15-8-5-4-6-9-15)14-18-19(21(27)29-2)20(25-22(28)24-18)16-10-7-11-17(23)12-16/h4-12,20H,3,13-14H2,1-2H3,(H2,24,25,28)/t20-/m1/s1. The van der Waals surface area contributed by atoms with Crippen molar-refractivity contribution in [3.8, 4) is 0 Å². The van der Waals surface area contributed by atoms with Crippen molar-refractivity contribution in [3.05, 3.63) is 82.0 Å². The molecule has 2 aromatic carbocycles. The van der Waals surface area contributed by atoms with Crippen molar-refractivity contribution in [1.29, 1.82) is 0 Å². The first kappa shape index (κ1) is 20.9. The first-order valence-corrected chi connectivity index (χ1v) is 9.80. The number of ether oxygens (including phenoxy) is 1. The molecule has 0 spiro atoms. The van der Waals surface area contributed by atoms with Crippen LogP contribution in [0, 0.1) is 0 Å². The summed E-state index contributed by atoms with van der Waals surface area (Å²) in [4.78, 5) is 27.2. The zero-order chi connectivity index (χ0) is 20.8. The molecule has 0 unspecified atom stereocenters. The van der Waals surface area contributed by atoms with E-state index in [-0.39, 0.29) is 6.03 Å². The van der Waals surface area contributed by atoms with Crippen LogP contribution in [0.1, 0.15) is 24.1 Å². The lowest BCUT2D eigenvalue weighted by molar-refractivity contribution is -0.136. The molecule has 29 heavy (non-hydrogen) atoms. The fourth-order valence-electron chi connectivity index (χ4n) is 3.37. The van der Waals surface area contributed by atoms with Gasteiger partial charge in [-0.05, 0) is 29.8 Å². The van der Waals surface area contributed by atoms with Gasteiger partial charge in [0.05, 0.1) is 18.7 Å². The Balaban J connectivity index is 1.96. The van der Waals surface area contributed by atoms with E-state index in [4.69, 9.17) is 16.3 Å². The van der Waals surface area contributed by atoms with E-state index in [1.54, 1.807) is 18.2 Å². The Morgan fingerprint density at radius 1 is 1.14 bits per heavy atom. The Bertz CT molecular complexity index is 915. The van der Waals surface area contributed by atoms with E-state index in [0.717, 1.165) is 17.7 Å². The molecule has 152 valence electrons. The van der Waals surface area contributed by atoms with Crippen molar-refractivity contribution in [3.63, 3.8) is 0 Å². The van der Waals surface area contributed by atoms with Gasteiger partial charge in [0.2, 0.25) is 0 Å². The maximum Gasteiger partial charge on any atom is 0.338 e. The van der Waals surface area contributed by atoms with E-state index >= 15 is 0 Å². The SMILES string of the molecule is CCN(CC1=C(C(=O)OC)[C@@H](c2cccc(Cl)c2)NC(=O)N1)Cc1ccccc1. The quantitative estimate of drug-likeness (QED) is 0.680. The summed E-state index contributed by atoms with van der Waals surface area (Å²) in [6.07, 6.45) is 0. The van der Waals surface area contributed by atoms with Crippen LogP contribution in [0.3, 0.4) is 0 Å². The van der Waals surface area contributed by atoms with Crippen LogP contribution in [0.15, 0.2) is 65.9 Å². The van der Waals surface area contributed by atoms with Gasteiger partial charge in [0.25, 0.3) is 0 Å². The number of amides is 2. The summed E-state index contributed by atoms with van der Waals surface area (Å²) < 4.78 is 5.03. The fraction of sp³-hybridized carbons (Fsp3) is 0.273. The number of methoxy groups -OCH3 is 1. The topological polar surface area (TPSA) is 70.7 Å². The Hall–Kier alpha value is -2.83. The zero-order valence-corrected chi connectivity index (χ0v) is 17.2. The molecule has 0 bridgehead atoms. The number of likely N-dealkylation sites (N-methyl/N-ethyl adjacent to an activating group) is 1. The highest BCUT2D eigenvalue weighted by Crippen LogP contribution is 2.29. The highest BCUT2D eigenvalue weighted by atomic mass is 35.5. The maximum absolute atomic E-state index is 12.7.